The summed E-state index contributed by atoms with van der Waals surface area (Å²) in [5, 5.41) is 6.92. The highest BCUT2D eigenvalue weighted by molar-refractivity contribution is 7.14. The molecule has 2 aliphatic rings. The molecule has 2 aromatic heterocycles. The van der Waals surface area contributed by atoms with Gasteiger partial charge in [0.2, 0.25) is 0 Å². The summed E-state index contributed by atoms with van der Waals surface area (Å²) >= 11 is 1.63. The van der Waals surface area contributed by atoms with Crippen LogP contribution in [0, 0.1) is 0 Å². The van der Waals surface area contributed by atoms with Crippen LogP contribution in [0.15, 0.2) is 10.6 Å². The van der Waals surface area contributed by atoms with Gasteiger partial charge < -0.3 is 14.6 Å². The van der Waals surface area contributed by atoms with Gasteiger partial charge in [0.25, 0.3) is 11.8 Å². The van der Waals surface area contributed by atoms with Gasteiger partial charge in [0.05, 0.1) is 4.88 Å². The molecule has 0 unspecified atom stereocenters. The number of carbonyl (C=O) groups excluding carboxylic acids is 1. The highest BCUT2D eigenvalue weighted by Gasteiger charge is 2.23. The lowest BCUT2D eigenvalue weighted by atomic mass is 9.99. The summed E-state index contributed by atoms with van der Waals surface area (Å²) in [5.74, 6) is 1.17. The van der Waals surface area contributed by atoms with Crippen molar-refractivity contribution in [3.8, 4) is 0 Å². The number of fused-ring (bicyclic) bond motifs is 1. The van der Waals surface area contributed by atoms with Crippen molar-refractivity contribution >= 4 is 17.2 Å². The lowest BCUT2D eigenvalue weighted by Crippen LogP contribution is -2.25. The molecule has 0 aromatic carbocycles. The summed E-state index contributed by atoms with van der Waals surface area (Å²) in [4.78, 5) is 18.8. The van der Waals surface area contributed by atoms with Crippen LogP contribution in [0.4, 0.5) is 0 Å². The molecule has 0 radical (unpaired) electrons. The van der Waals surface area contributed by atoms with Gasteiger partial charge in [-0.3, -0.25) is 4.79 Å². The lowest BCUT2D eigenvalue weighted by Gasteiger charge is -2.08. The maximum atomic E-state index is 12.3. The molecule has 0 spiro atoms. The van der Waals surface area contributed by atoms with Gasteiger partial charge in [0, 0.05) is 24.4 Å². The smallest absolute Gasteiger partial charge is 0.261 e. The van der Waals surface area contributed by atoms with Crippen molar-refractivity contribution in [2.24, 2.45) is 0 Å². The van der Waals surface area contributed by atoms with Crippen LogP contribution in [0.5, 0.6) is 0 Å². The average molecular weight is 347 g/mol. The Balaban J connectivity index is 1.29. The Kier molecular flexibility index (Phi) is 4.62. The number of carbonyl (C=O) groups is 1. The summed E-state index contributed by atoms with van der Waals surface area (Å²) in [7, 11) is 0. The fourth-order valence-corrected chi connectivity index (χ4v) is 4.42. The van der Waals surface area contributed by atoms with Crippen molar-refractivity contribution in [1.82, 2.24) is 15.5 Å². The molecule has 3 heterocycles. The van der Waals surface area contributed by atoms with E-state index in [4.69, 9.17) is 9.26 Å². The monoisotopic (exact) mass is 347 g/mol. The molecule has 0 saturated carbocycles. The third-order valence-corrected chi connectivity index (χ3v) is 5.78. The summed E-state index contributed by atoms with van der Waals surface area (Å²) in [5.41, 5.74) is 1.36. The molecule has 2 aromatic rings. The number of hydrogen-bond donors (Lipinski definition) is 1. The first kappa shape index (κ1) is 15.8. The van der Waals surface area contributed by atoms with E-state index in [1.165, 1.54) is 23.3 Å². The number of thiophene rings is 1. The fourth-order valence-electron chi connectivity index (χ4n) is 3.25. The first-order chi connectivity index (χ1) is 11.8. The van der Waals surface area contributed by atoms with Crippen molar-refractivity contribution in [1.29, 1.82) is 0 Å². The Morgan fingerprint density at radius 2 is 2.25 bits per heavy atom. The second-order valence-corrected chi connectivity index (χ2v) is 7.46. The zero-order chi connectivity index (χ0) is 16.4. The number of hydrogen-bond acceptors (Lipinski definition) is 6. The first-order valence-electron chi connectivity index (χ1n) is 8.63. The highest BCUT2D eigenvalue weighted by Crippen LogP contribution is 2.29. The van der Waals surface area contributed by atoms with E-state index in [9.17, 15) is 4.79 Å². The Hall–Kier alpha value is -1.73. The van der Waals surface area contributed by atoms with E-state index < -0.39 is 0 Å². The molecular formula is C17H21N3O3S. The molecule has 0 bridgehead atoms. The molecule has 1 aliphatic carbocycles. The maximum absolute atomic E-state index is 12.3. The maximum Gasteiger partial charge on any atom is 0.261 e. The van der Waals surface area contributed by atoms with Crippen LogP contribution in [0.3, 0.4) is 0 Å². The molecule has 1 fully saturated rings. The number of amides is 1. The second-order valence-electron chi connectivity index (χ2n) is 6.32. The SMILES string of the molecule is O=C(NCCc1noc([C@H]2CCCO2)n1)c1cc2c(s1)CCCC2. The third kappa shape index (κ3) is 3.37. The van der Waals surface area contributed by atoms with Crippen LogP contribution in [-0.2, 0) is 24.0 Å². The van der Waals surface area contributed by atoms with Gasteiger partial charge in [0.15, 0.2) is 5.82 Å². The van der Waals surface area contributed by atoms with Crippen LogP contribution in [-0.4, -0.2) is 29.2 Å². The van der Waals surface area contributed by atoms with E-state index >= 15 is 0 Å². The van der Waals surface area contributed by atoms with Gasteiger partial charge in [-0.25, -0.2) is 0 Å². The molecule has 6 nitrogen and oxygen atoms in total. The minimum atomic E-state index is -0.0571. The molecule has 7 heteroatoms. The van der Waals surface area contributed by atoms with Crippen LogP contribution < -0.4 is 5.32 Å². The van der Waals surface area contributed by atoms with Gasteiger partial charge in [0.1, 0.15) is 6.10 Å². The number of nitrogens with zero attached hydrogens (tertiary/aromatic N) is 2. The molecule has 1 aliphatic heterocycles. The first-order valence-corrected chi connectivity index (χ1v) is 9.45. The van der Waals surface area contributed by atoms with Crippen LogP contribution >= 0.6 is 11.3 Å². The minimum absolute atomic E-state index is 0.00255. The fraction of sp³-hybridized carbons (Fsp3) is 0.588. The van der Waals surface area contributed by atoms with Crippen molar-refractivity contribution in [3.05, 3.63) is 33.1 Å². The van der Waals surface area contributed by atoms with Crippen molar-refractivity contribution in [2.75, 3.05) is 13.2 Å². The van der Waals surface area contributed by atoms with E-state index in [0.29, 0.717) is 24.7 Å². The van der Waals surface area contributed by atoms with E-state index in [2.05, 4.69) is 21.5 Å². The number of aryl methyl sites for hydroxylation is 2. The van der Waals surface area contributed by atoms with Crippen molar-refractivity contribution < 1.29 is 14.1 Å². The topological polar surface area (TPSA) is 77.2 Å². The summed E-state index contributed by atoms with van der Waals surface area (Å²) in [6, 6.07) is 2.05. The molecule has 1 N–H and O–H groups in total. The molecule has 1 saturated heterocycles. The minimum Gasteiger partial charge on any atom is -0.368 e. The van der Waals surface area contributed by atoms with Gasteiger partial charge in [-0.15, -0.1) is 11.3 Å². The van der Waals surface area contributed by atoms with Crippen LogP contribution in [0.25, 0.3) is 0 Å². The number of rotatable bonds is 5. The Morgan fingerprint density at radius 1 is 1.33 bits per heavy atom. The Labute approximate surface area is 144 Å². The van der Waals surface area contributed by atoms with Gasteiger partial charge in [-0.2, -0.15) is 4.98 Å². The van der Waals surface area contributed by atoms with Crippen molar-refractivity contribution in [2.45, 2.75) is 51.0 Å². The predicted molar refractivity (Wildman–Crippen MR) is 89.2 cm³/mol. The zero-order valence-electron chi connectivity index (χ0n) is 13.5. The van der Waals surface area contributed by atoms with Crippen molar-refractivity contribution in [3.63, 3.8) is 0 Å². The van der Waals surface area contributed by atoms with E-state index in [-0.39, 0.29) is 12.0 Å². The van der Waals surface area contributed by atoms with E-state index in [1.54, 1.807) is 11.3 Å². The molecule has 4 rings (SSSR count). The molecular weight excluding hydrogens is 326 g/mol. The second kappa shape index (κ2) is 7.03. The Bertz CT molecular complexity index is 695. The largest absolute Gasteiger partial charge is 0.368 e. The summed E-state index contributed by atoms with van der Waals surface area (Å²) in [6.07, 6.45) is 7.15. The normalized spacial score (nSPS) is 20.1. The zero-order valence-corrected chi connectivity index (χ0v) is 14.4. The number of aromatic nitrogens is 2. The van der Waals surface area contributed by atoms with Crippen LogP contribution in [0.1, 0.15) is 63.6 Å². The van der Waals surface area contributed by atoms with Crippen LogP contribution in [0.2, 0.25) is 0 Å². The molecule has 1 amide bonds. The number of nitrogens with one attached hydrogen (secondary N) is 1. The van der Waals surface area contributed by atoms with Gasteiger partial charge >= 0.3 is 0 Å². The summed E-state index contributed by atoms with van der Waals surface area (Å²) < 4.78 is 10.8. The lowest BCUT2D eigenvalue weighted by molar-refractivity contribution is 0.0835. The van der Waals surface area contributed by atoms with E-state index in [1.807, 2.05) is 0 Å². The quantitative estimate of drug-likeness (QED) is 0.900. The van der Waals surface area contributed by atoms with Gasteiger partial charge in [-0.05, 0) is 50.2 Å². The molecule has 1 atom stereocenters. The number of ether oxygens (including phenoxy) is 1. The summed E-state index contributed by atoms with van der Waals surface area (Å²) in [6.45, 7) is 1.26. The Morgan fingerprint density at radius 3 is 3.08 bits per heavy atom. The molecule has 128 valence electrons. The third-order valence-electron chi connectivity index (χ3n) is 4.54. The predicted octanol–water partition coefficient (Wildman–Crippen LogP) is 2.83. The molecule has 24 heavy (non-hydrogen) atoms. The van der Waals surface area contributed by atoms with E-state index in [0.717, 1.165) is 37.2 Å². The average Bonchev–Trinajstić information content (AvgIpc) is 3.33. The van der Waals surface area contributed by atoms with Gasteiger partial charge in [-0.1, -0.05) is 5.16 Å². The standard InChI is InChI=1S/C17H21N3O3S/c21-16(14-10-11-4-1-2-6-13(11)24-14)18-8-7-15-19-17(23-20-15)12-5-3-9-22-12/h10,12H,1-9H2,(H,18,21)/t12-/m1/s1. The highest BCUT2D eigenvalue weighted by atomic mass is 32.1.